The second-order valence-corrected chi connectivity index (χ2v) is 6.41. The molecule has 3 fully saturated rings. The normalized spacial score (nSPS) is 48.5. The van der Waals surface area contributed by atoms with Crippen molar-refractivity contribution in [2.24, 2.45) is 23.2 Å². The van der Waals surface area contributed by atoms with Gasteiger partial charge < -0.3 is 14.2 Å². The number of hydrogen-bond donors (Lipinski definition) is 0. The first-order valence-corrected chi connectivity index (χ1v) is 6.96. The van der Waals surface area contributed by atoms with Crippen LogP contribution in [0, 0.1) is 23.2 Å². The summed E-state index contributed by atoms with van der Waals surface area (Å²) in [5, 5.41) is 0. The van der Waals surface area contributed by atoms with Crippen LogP contribution in [-0.4, -0.2) is 24.1 Å². The van der Waals surface area contributed by atoms with Gasteiger partial charge in [0.05, 0.1) is 17.8 Å². The fourth-order valence-electron chi connectivity index (χ4n) is 4.24. The summed E-state index contributed by atoms with van der Waals surface area (Å²) in [5.41, 5.74) is 0.289. The third kappa shape index (κ3) is 1.33. The Morgan fingerprint density at radius 2 is 2.10 bits per heavy atom. The van der Waals surface area contributed by atoms with Crippen molar-refractivity contribution in [2.45, 2.75) is 32.5 Å². The predicted molar refractivity (Wildman–Crippen MR) is 66.9 cm³/mol. The fraction of sp³-hybridized carbons (Fsp3) is 0.600. The number of esters is 2. The Morgan fingerprint density at radius 1 is 1.30 bits per heavy atom. The van der Waals surface area contributed by atoms with Gasteiger partial charge in [0.15, 0.2) is 0 Å². The van der Waals surface area contributed by atoms with E-state index in [0.29, 0.717) is 12.0 Å². The van der Waals surface area contributed by atoms with E-state index in [1.807, 2.05) is 13.0 Å². The Labute approximate surface area is 116 Å². The Morgan fingerprint density at radius 3 is 2.90 bits per heavy atom. The van der Waals surface area contributed by atoms with E-state index in [2.05, 4.69) is 6.92 Å². The van der Waals surface area contributed by atoms with Crippen molar-refractivity contribution < 1.29 is 23.8 Å². The van der Waals surface area contributed by atoms with Gasteiger partial charge in [-0.25, -0.2) is 4.79 Å². The topological polar surface area (TPSA) is 61.8 Å². The average Bonchev–Trinajstić information content (AvgIpc) is 2.76. The van der Waals surface area contributed by atoms with Gasteiger partial charge in [0.2, 0.25) is 0 Å². The van der Waals surface area contributed by atoms with E-state index in [-0.39, 0.29) is 47.3 Å². The standard InChI is InChI=1S/C15H16O5/c1-7-10-9(19-13(7)16)5-15(2)3-4-18-6-8-11(15)12(10)20-14(8)17/h3-4,6-7,9-12H,5H2,1-2H3/t7-,9+,10+,11+,12+,15-/m1/s1. The lowest BCUT2D eigenvalue weighted by atomic mass is 9.59. The van der Waals surface area contributed by atoms with Gasteiger partial charge in [-0.2, -0.15) is 0 Å². The summed E-state index contributed by atoms with van der Waals surface area (Å²) < 4.78 is 16.3. The van der Waals surface area contributed by atoms with Crippen molar-refractivity contribution >= 4 is 11.9 Å². The monoisotopic (exact) mass is 276 g/mol. The summed E-state index contributed by atoms with van der Waals surface area (Å²) in [7, 11) is 0. The lowest BCUT2D eigenvalue weighted by molar-refractivity contribution is -0.148. The second-order valence-electron chi connectivity index (χ2n) is 6.41. The molecule has 0 aromatic heterocycles. The Kier molecular flexibility index (Phi) is 2.19. The van der Waals surface area contributed by atoms with Gasteiger partial charge >= 0.3 is 11.9 Å². The second kappa shape index (κ2) is 3.65. The summed E-state index contributed by atoms with van der Waals surface area (Å²) in [6, 6.07) is 0. The first-order chi connectivity index (χ1) is 9.51. The van der Waals surface area contributed by atoms with Crippen molar-refractivity contribution in [2.75, 3.05) is 0 Å². The number of hydrogen-bond acceptors (Lipinski definition) is 5. The highest BCUT2D eigenvalue weighted by molar-refractivity contribution is 5.92. The van der Waals surface area contributed by atoms with E-state index in [1.165, 1.54) is 6.26 Å². The molecule has 0 amide bonds. The molecular formula is C15H16O5. The molecule has 0 unspecified atom stereocenters. The number of ether oxygens (including phenoxy) is 3. The van der Waals surface area contributed by atoms with E-state index >= 15 is 0 Å². The fourth-order valence-corrected chi connectivity index (χ4v) is 4.24. The molecule has 2 saturated heterocycles. The van der Waals surface area contributed by atoms with Crippen LogP contribution in [0.25, 0.3) is 0 Å². The Hall–Kier alpha value is -1.78. The molecule has 0 N–H and O–H groups in total. The molecule has 0 spiro atoms. The molecule has 0 aromatic carbocycles. The van der Waals surface area contributed by atoms with Crippen LogP contribution in [0.2, 0.25) is 0 Å². The number of rotatable bonds is 0. The smallest absolute Gasteiger partial charge is 0.337 e. The van der Waals surface area contributed by atoms with Gasteiger partial charge in [-0.15, -0.1) is 0 Å². The first kappa shape index (κ1) is 12.0. The quantitative estimate of drug-likeness (QED) is 0.628. The minimum absolute atomic E-state index is 0.0538. The maximum atomic E-state index is 12.1. The van der Waals surface area contributed by atoms with E-state index in [9.17, 15) is 9.59 Å². The molecule has 3 heterocycles. The Bertz CT molecular complexity index is 563. The number of allylic oxidation sites excluding steroid dienone is 1. The van der Waals surface area contributed by atoms with Gasteiger partial charge in [-0.3, -0.25) is 4.79 Å². The van der Waals surface area contributed by atoms with Crippen molar-refractivity contribution in [3.05, 3.63) is 24.2 Å². The van der Waals surface area contributed by atoms with Gasteiger partial charge in [0.1, 0.15) is 18.5 Å². The molecule has 0 radical (unpaired) electrons. The molecule has 1 aliphatic carbocycles. The van der Waals surface area contributed by atoms with Gasteiger partial charge in [-0.1, -0.05) is 13.8 Å². The molecule has 6 atom stereocenters. The zero-order valence-corrected chi connectivity index (χ0v) is 11.4. The van der Waals surface area contributed by atoms with Crippen LogP contribution in [0.3, 0.4) is 0 Å². The minimum atomic E-state index is -0.331. The van der Waals surface area contributed by atoms with Crippen LogP contribution in [0.15, 0.2) is 24.2 Å². The lowest BCUT2D eigenvalue weighted by Crippen LogP contribution is -2.49. The van der Waals surface area contributed by atoms with E-state index < -0.39 is 0 Å². The summed E-state index contributed by atoms with van der Waals surface area (Å²) in [4.78, 5) is 24.0. The zero-order chi connectivity index (χ0) is 14.1. The van der Waals surface area contributed by atoms with Crippen molar-refractivity contribution in [3.8, 4) is 0 Å². The van der Waals surface area contributed by atoms with Gasteiger partial charge in [0.25, 0.3) is 0 Å². The van der Waals surface area contributed by atoms with Crippen LogP contribution < -0.4 is 0 Å². The summed E-state index contributed by atoms with van der Waals surface area (Å²) in [6.45, 7) is 3.92. The molecule has 4 aliphatic rings. The summed E-state index contributed by atoms with van der Waals surface area (Å²) >= 11 is 0. The average molecular weight is 276 g/mol. The SMILES string of the molecule is C[C@H]1C(=O)O[C@H]2C[C@@]3(C)C=COC=C4C(=O)O[C@@H]([C@H]21)[C@H]43. The minimum Gasteiger partial charge on any atom is -0.472 e. The molecule has 4 rings (SSSR count). The van der Waals surface area contributed by atoms with Crippen LogP contribution >= 0.6 is 0 Å². The zero-order valence-electron chi connectivity index (χ0n) is 11.4. The number of fused-ring (bicyclic) bond motifs is 2. The van der Waals surface area contributed by atoms with E-state index in [0.717, 1.165) is 0 Å². The number of carbonyl (C=O) groups excluding carboxylic acids is 2. The van der Waals surface area contributed by atoms with E-state index in [4.69, 9.17) is 14.2 Å². The third-order valence-corrected chi connectivity index (χ3v) is 5.24. The lowest BCUT2D eigenvalue weighted by Gasteiger charge is -2.44. The molecular weight excluding hydrogens is 260 g/mol. The van der Waals surface area contributed by atoms with Crippen molar-refractivity contribution in [3.63, 3.8) is 0 Å². The molecule has 3 aliphatic heterocycles. The number of carbonyl (C=O) groups is 2. The molecule has 0 bridgehead atoms. The van der Waals surface area contributed by atoms with Crippen LogP contribution in [0.4, 0.5) is 0 Å². The molecule has 1 saturated carbocycles. The summed E-state index contributed by atoms with van der Waals surface area (Å²) in [5.74, 6) is -0.861. The van der Waals surface area contributed by atoms with Crippen molar-refractivity contribution in [1.29, 1.82) is 0 Å². The highest BCUT2D eigenvalue weighted by atomic mass is 16.6. The molecule has 5 heteroatoms. The van der Waals surface area contributed by atoms with Gasteiger partial charge in [0, 0.05) is 17.3 Å². The van der Waals surface area contributed by atoms with Crippen LogP contribution in [0.1, 0.15) is 20.3 Å². The highest BCUT2D eigenvalue weighted by Gasteiger charge is 2.63. The van der Waals surface area contributed by atoms with Crippen LogP contribution in [0.5, 0.6) is 0 Å². The van der Waals surface area contributed by atoms with Crippen molar-refractivity contribution in [1.82, 2.24) is 0 Å². The summed E-state index contributed by atoms with van der Waals surface area (Å²) in [6.07, 6.45) is 5.27. The molecule has 5 nitrogen and oxygen atoms in total. The predicted octanol–water partition coefficient (Wildman–Crippen LogP) is 1.54. The first-order valence-electron chi connectivity index (χ1n) is 6.96. The largest absolute Gasteiger partial charge is 0.472 e. The highest BCUT2D eigenvalue weighted by Crippen LogP contribution is 2.57. The third-order valence-electron chi connectivity index (χ3n) is 5.24. The van der Waals surface area contributed by atoms with Crippen LogP contribution in [-0.2, 0) is 23.8 Å². The molecule has 106 valence electrons. The molecule has 20 heavy (non-hydrogen) atoms. The molecule has 0 aromatic rings. The van der Waals surface area contributed by atoms with Gasteiger partial charge in [-0.05, 0) is 12.5 Å². The Balaban J connectivity index is 1.84. The maximum absolute atomic E-state index is 12.1. The van der Waals surface area contributed by atoms with E-state index in [1.54, 1.807) is 6.26 Å². The maximum Gasteiger partial charge on any atom is 0.337 e.